The SMILES string of the molecule is Cc1noc(CCNCc2c(F)cccc2F)n1. The highest BCUT2D eigenvalue weighted by molar-refractivity contribution is 5.19. The first-order valence-corrected chi connectivity index (χ1v) is 5.59. The molecule has 18 heavy (non-hydrogen) atoms. The van der Waals surface area contributed by atoms with Crippen LogP contribution < -0.4 is 5.32 Å². The Balaban J connectivity index is 1.82. The van der Waals surface area contributed by atoms with Gasteiger partial charge in [0.15, 0.2) is 5.82 Å². The van der Waals surface area contributed by atoms with Crippen molar-refractivity contribution < 1.29 is 13.3 Å². The second-order valence-corrected chi connectivity index (χ2v) is 3.86. The molecule has 1 aromatic heterocycles. The number of halogens is 2. The summed E-state index contributed by atoms with van der Waals surface area (Å²) in [5.41, 5.74) is 0.0409. The zero-order valence-electron chi connectivity index (χ0n) is 9.91. The predicted octanol–water partition coefficient (Wildman–Crippen LogP) is 1.99. The Morgan fingerprint density at radius 2 is 2.00 bits per heavy atom. The summed E-state index contributed by atoms with van der Waals surface area (Å²) in [5.74, 6) is -0.00794. The van der Waals surface area contributed by atoms with Crippen molar-refractivity contribution in [2.24, 2.45) is 0 Å². The molecule has 96 valence electrons. The van der Waals surface area contributed by atoms with Gasteiger partial charge in [0.2, 0.25) is 5.89 Å². The smallest absolute Gasteiger partial charge is 0.227 e. The molecule has 0 aliphatic carbocycles. The molecule has 0 spiro atoms. The predicted molar refractivity (Wildman–Crippen MR) is 60.8 cm³/mol. The van der Waals surface area contributed by atoms with Gasteiger partial charge in [0.1, 0.15) is 11.6 Å². The van der Waals surface area contributed by atoms with Crippen LogP contribution in [0.5, 0.6) is 0 Å². The maximum absolute atomic E-state index is 13.3. The molecule has 0 unspecified atom stereocenters. The van der Waals surface area contributed by atoms with E-state index in [1.165, 1.54) is 18.2 Å². The van der Waals surface area contributed by atoms with Crippen molar-refractivity contribution in [1.82, 2.24) is 15.5 Å². The van der Waals surface area contributed by atoms with Crippen molar-refractivity contribution in [3.8, 4) is 0 Å². The maximum Gasteiger partial charge on any atom is 0.227 e. The first-order valence-electron chi connectivity index (χ1n) is 5.59. The average Bonchev–Trinajstić information content (AvgIpc) is 2.73. The fraction of sp³-hybridized carbons (Fsp3) is 0.333. The van der Waals surface area contributed by atoms with E-state index in [9.17, 15) is 8.78 Å². The molecule has 4 nitrogen and oxygen atoms in total. The molecule has 0 saturated heterocycles. The largest absolute Gasteiger partial charge is 0.339 e. The summed E-state index contributed by atoms with van der Waals surface area (Å²) in [5, 5.41) is 6.58. The minimum absolute atomic E-state index is 0.0409. The third-order valence-corrected chi connectivity index (χ3v) is 2.45. The van der Waals surface area contributed by atoms with E-state index in [-0.39, 0.29) is 12.1 Å². The molecule has 0 aliphatic rings. The minimum Gasteiger partial charge on any atom is -0.339 e. The minimum atomic E-state index is -0.545. The molecule has 2 aromatic rings. The molecule has 1 heterocycles. The van der Waals surface area contributed by atoms with Gasteiger partial charge in [-0.3, -0.25) is 0 Å². The Labute approximate surface area is 103 Å². The fourth-order valence-corrected chi connectivity index (χ4v) is 1.55. The second-order valence-electron chi connectivity index (χ2n) is 3.86. The lowest BCUT2D eigenvalue weighted by atomic mass is 10.2. The number of aryl methyl sites for hydroxylation is 1. The normalized spacial score (nSPS) is 10.8. The van der Waals surface area contributed by atoms with Crippen molar-refractivity contribution in [2.45, 2.75) is 19.9 Å². The maximum atomic E-state index is 13.3. The second kappa shape index (κ2) is 5.68. The molecule has 0 saturated carbocycles. The Morgan fingerprint density at radius 1 is 1.28 bits per heavy atom. The van der Waals surface area contributed by atoms with Crippen LogP contribution in [-0.4, -0.2) is 16.7 Å². The van der Waals surface area contributed by atoms with Crippen LogP contribution in [0.1, 0.15) is 17.3 Å². The molecule has 2 rings (SSSR count). The first-order chi connectivity index (χ1) is 8.66. The number of hydrogen-bond acceptors (Lipinski definition) is 4. The van der Waals surface area contributed by atoms with Crippen LogP contribution in [0.15, 0.2) is 22.7 Å². The number of aromatic nitrogens is 2. The zero-order chi connectivity index (χ0) is 13.0. The van der Waals surface area contributed by atoms with Gasteiger partial charge in [-0.2, -0.15) is 4.98 Å². The Hall–Kier alpha value is -1.82. The molecule has 6 heteroatoms. The van der Waals surface area contributed by atoms with Gasteiger partial charge < -0.3 is 9.84 Å². The number of benzene rings is 1. The zero-order valence-corrected chi connectivity index (χ0v) is 9.91. The fourth-order valence-electron chi connectivity index (χ4n) is 1.55. The van der Waals surface area contributed by atoms with Crippen LogP contribution in [0, 0.1) is 18.6 Å². The van der Waals surface area contributed by atoms with E-state index < -0.39 is 11.6 Å². The van der Waals surface area contributed by atoms with Gasteiger partial charge >= 0.3 is 0 Å². The van der Waals surface area contributed by atoms with Crippen LogP contribution in [0.2, 0.25) is 0 Å². The van der Waals surface area contributed by atoms with Crippen LogP contribution in [0.3, 0.4) is 0 Å². The summed E-state index contributed by atoms with van der Waals surface area (Å²) >= 11 is 0. The molecule has 0 amide bonds. The lowest BCUT2D eigenvalue weighted by Gasteiger charge is -2.05. The Bertz CT molecular complexity index is 508. The van der Waals surface area contributed by atoms with E-state index in [4.69, 9.17) is 4.52 Å². The van der Waals surface area contributed by atoms with E-state index >= 15 is 0 Å². The number of rotatable bonds is 5. The molecule has 0 bridgehead atoms. The number of nitrogens with zero attached hydrogens (tertiary/aromatic N) is 2. The summed E-state index contributed by atoms with van der Waals surface area (Å²) in [6, 6.07) is 3.82. The summed E-state index contributed by atoms with van der Waals surface area (Å²) in [6.45, 7) is 2.37. The average molecular weight is 253 g/mol. The van der Waals surface area contributed by atoms with Crippen LogP contribution in [0.4, 0.5) is 8.78 Å². The lowest BCUT2D eigenvalue weighted by molar-refractivity contribution is 0.372. The summed E-state index contributed by atoms with van der Waals surface area (Å²) in [4.78, 5) is 4.02. The van der Waals surface area contributed by atoms with Gasteiger partial charge in [-0.15, -0.1) is 0 Å². The van der Waals surface area contributed by atoms with Crippen molar-refractivity contribution in [3.05, 3.63) is 47.1 Å². The third-order valence-electron chi connectivity index (χ3n) is 2.45. The molecule has 0 atom stereocenters. The van der Waals surface area contributed by atoms with Gasteiger partial charge in [0.25, 0.3) is 0 Å². The van der Waals surface area contributed by atoms with Crippen molar-refractivity contribution in [3.63, 3.8) is 0 Å². The molecule has 1 aromatic carbocycles. The van der Waals surface area contributed by atoms with Crippen LogP contribution >= 0.6 is 0 Å². The number of nitrogens with one attached hydrogen (secondary N) is 1. The number of hydrogen-bond donors (Lipinski definition) is 1. The van der Waals surface area contributed by atoms with E-state index in [0.717, 1.165) is 0 Å². The highest BCUT2D eigenvalue weighted by Gasteiger charge is 2.08. The lowest BCUT2D eigenvalue weighted by Crippen LogP contribution is -2.18. The highest BCUT2D eigenvalue weighted by atomic mass is 19.1. The van der Waals surface area contributed by atoms with Crippen molar-refractivity contribution in [2.75, 3.05) is 6.54 Å². The van der Waals surface area contributed by atoms with E-state index in [0.29, 0.717) is 24.7 Å². The van der Waals surface area contributed by atoms with Crippen LogP contribution in [-0.2, 0) is 13.0 Å². The Morgan fingerprint density at radius 3 is 2.61 bits per heavy atom. The van der Waals surface area contributed by atoms with Gasteiger partial charge in [-0.05, 0) is 19.1 Å². The molecule has 0 aliphatic heterocycles. The van der Waals surface area contributed by atoms with E-state index in [1.54, 1.807) is 6.92 Å². The van der Waals surface area contributed by atoms with Gasteiger partial charge in [0, 0.05) is 25.1 Å². The third kappa shape index (κ3) is 3.10. The van der Waals surface area contributed by atoms with Crippen molar-refractivity contribution in [1.29, 1.82) is 0 Å². The molecule has 0 radical (unpaired) electrons. The Kier molecular flexibility index (Phi) is 3.99. The summed E-state index contributed by atoms with van der Waals surface area (Å²) in [6.07, 6.45) is 0.525. The molecular weight excluding hydrogens is 240 g/mol. The molecular formula is C12H13F2N3O. The van der Waals surface area contributed by atoms with Gasteiger partial charge in [-0.25, -0.2) is 8.78 Å². The first kappa shape index (κ1) is 12.6. The molecule has 0 fully saturated rings. The van der Waals surface area contributed by atoms with E-state index in [1.807, 2.05) is 0 Å². The van der Waals surface area contributed by atoms with Gasteiger partial charge in [-0.1, -0.05) is 11.2 Å². The quantitative estimate of drug-likeness (QED) is 0.828. The van der Waals surface area contributed by atoms with E-state index in [2.05, 4.69) is 15.5 Å². The van der Waals surface area contributed by atoms with Gasteiger partial charge in [0.05, 0.1) is 0 Å². The molecule has 1 N–H and O–H groups in total. The van der Waals surface area contributed by atoms with Crippen molar-refractivity contribution >= 4 is 0 Å². The van der Waals surface area contributed by atoms with Crippen LogP contribution in [0.25, 0.3) is 0 Å². The summed E-state index contributed by atoms with van der Waals surface area (Å²) in [7, 11) is 0. The highest BCUT2D eigenvalue weighted by Crippen LogP contribution is 2.11. The standard InChI is InChI=1S/C12H13F2N3O/c1-8-16-12(18-17-8)5-6-15-7-9-10(13)3-2-4-11(9)14/h2-4,15H,5-7H2,1H3. The topological polar surface area (TPSA) is 51.0 Å². The monoisotopic (exact) mass is 253 g/mol. The summed E-state index contributed by atoms with van der Waals surface area (Å²) < 4.78 is 31.5.